The number of benzene rings is 2. The second kappa shape index (κ2) is 6.07. The van der Waals surface area contributed by atoms with Crippen LogP contribution in [0.4, 0.5) is 9.18 Å². The summed E-state index contributed by atoms with van der Waals surface area (Å²) in [6.07, 6.45) is 0. The smallest absolute Gasteiger partial charge is 0.319 e. The topological polar surface area (TPSA) is 49.4 Å². The Balaban J connectivity index is 1.93. The number of nitrogens with one attached hydrogen (secondary N) is 1. The zero-order chi connectivity index (χ0) is 17.5. The summed E-state index contributed by atoms with van der Waals surface area (Å²) < 4.78 is 13.9. The highest BCUT2D eigenvalue weighted by Gasteiger charge is 2.49. The molecule has 0 spiro atoms. The van der Waals surface area contributed by atoms with E-state index in [4.69, 9.17) is 23.2 Å². The first-order chi connectivity index (χ1) is 11.3. The van der Waals surface area contributed by atoms with E-state index in [1.165, 1.54) is 18.2 Å². The lowest BCUT2D eigenvalue weighted by atomic mass is 9.92. The van der Waals surface area contributed by atoms with E-state index in [0.717, 1.165) is 4.90 Å². The Labute approximate surface area is 148 Å². The molecule has 1 atom stereocenters. The standard InChI is InChI=1S/C17H13Cl2FN2O2/c1-17(10-5-7-11(18)8-6-10)15(23)22(16(24)21-17)9-12-13(19)3-2-4-14(12)20/h2-8H,9H2,1H3,(H,21,24)/t17-/m1/s1. The number of halogens is 3. The molecule has 1 aliphatic heterocycles. The first kappa shape index (κ1) is 16.7. The average molecular weight is 367 g/mol. The fraction of sp³-hybridized carbons (Fsp3) is 0.176. The molecule has 4 nitrogen and oxygen atoms in total. The molecular formula is C17H13Cl2FN2O2. The van der Waals surface area contributed by atoms with E-state index in [2.05, 4.69) is 5.32 Å². The van der Waals surface area contributed by atoms with Crippen LogP contribution in [-0.4, -0.2) is 16.8 Å². The van der Waals surface area contributed by atoms with Crippen molar-refractivity contribution in [2.45, 2.75) is 19.0 Å². The largest absolute Gasteiger partial charge is 0.325 e. The number of carbonyl (C=O) groups is 2. The molecule has 0 aliphatic carbocycles. The Bertz CT molecular complexity index is 806. The van der Waals surface area contributed by atoms with Crippen LogP contribution in [0.15, 0.2) is 42.5 Å². The van der Waals surface area contributed by atoms with E-state index in [9.17, 15) is 14.0 Å². The molecular weight excluding hydrogens is 354 g/mol. The number of carbonyl (C=O) groups excluding carboxylic acids is 2. The fourth-order valence-corrected chi connectivity index (χ4v) is 3.01. The summed E-state index contributed by atoms with van der Waals surface area (Å²) in [7, 11) is 0. The van der Waals surface area contributed by atoms with E-state index < -0.39 is 23.3 Å². The number of hydrogen-bond acceptors (Lipinski definition) is 2. The molecule has 7 heteroatoms. The predicted molar refractivity (Wildman–Crippen MR) is 89.3 cm³/mol. The molecule has 0 aromatic heterocycles. The minimum absolute atomic E-state index is 0.100. The van der Waals surface area contributed by atoms with Gasteiger partial charge in [0.1, 0.15) is 11.4 Å². The lowest BCUT2D eigenvalue weighted by molar-refractivity contribution is -0.131. The molecule has 0 unspecified atom stereocenters. The van der Waals surface area contributed by atoms with Gasteiger partial charge in [0.25, 0.3) is 5.91 Å². The van der Waals surface area contributed by atoms with Gasteiger partial charge in [0.05, 0.1) is 6.54 Å². The van der Waals surface area contributed by atoms with Crippen molar-refractivity contribution in [2.24, 2.45) is 0 Å². The summed E-state index contributed by atoms with van der Waals surface area (Å²) in [6, 6.07) is 10.2. The Morgan fingerprint density at radius 3 is 2.42 bits per heavy atom. The van der Waals surface area contributed by atoms with Gasteiger partial charge in [-0.1, -0.05) is 41.4 Å². The van der Waals surface area contributed by atoms with Gasteiger partial charge in [-0.15, -0.1) is 0 Å². The molecule has 0 radical (unpaired) electrons. The van der Waals surface area contributed by atoms with Gasteiger partial charge in [-0.05, 0) is 36.8 Å². The fourth-order valence-electron chi connectivity index (χ4n) is 2.66. The van der Waals surface area contributed by atoms with Crippen molar-refractivity contribution in [1.29, 1.82) is 0 Å². The van der Waals surface area contributed by atoms with Gasteiger partial charge in [0.2, 0.25) is 0 Å². The van der Waals surface area contributed by atoms with Crippen LogP contribution in [0.3, 0.4) is 0 Å². The molecule has 3 amide bonds. The van der Waals surface area contributed by atoms with E-state index in [1.54, 1.807) is 31.2 Å². The van der Waals surface area contributed by atoms with Gasteiger partial charge in [-0.25, -0.2) is 9.18 Å². The molecule has 0 bridgehead atoms. The molecule has 1 aliphatic rings. The zero-order valence-electron chi connectivity index (χ0n) is 12.6. The average Bonchev–Trinajstić information content (AvgIpc) is 2.75. The molecule has 1 saturated heterocycles. The van der Waals surface area contributed by atoms with Crippen molar-refractivity contribution in [3.63, 3.8) is 0 Å². The van der Waals surface area contributed by atoms with Crippen molar-refractivity contribution < 1.29 is 14.0 Å². The third-order valence-electron chi connectivity index (χ3n) is 4.07. The molecule has 3 rings (SSSR count). The molecule has 24 heavy (non-hydrogen) atoms. The molecule has 2 aromatic rings. The Hall–Kier alpha value is -2.11. The van der Waals surface area contributed by atoms with Gasteiger partial charge in [0.15, 0.2) is 0 Å². The van der Waals surface area contributed by atoms with Crippen LogP contribution < -0.4 is 5.32 Å². The predicted octanol–water partition coefficient (Wildman–Crippen LogP) is 4.10. The monoisotopic (exact) mass is 366 g/mol. The minimum atomic E-state index is -1.24. The molecule has 0 saturated carbocycles. The van der Waals surface area contributed by atoms with Gasteiger partial charge in [0, 0.05) is 15.6 Å². The highest BCUT2D eigenvalue weighted by Crippen LogP contribution is 2.31. The maximum Gasteiger partial charge on any atom is 0.325 e. The van der Waals surface area contributed by atoms with E-state index in [-0.39, 0.29) is 17.1 Å². The summed E-state index contributed by atoms with van der Waals surface area (Å²) in [5.41, 5.74) is -0.547. The maximum atomic E-state index is 13.9. The third-order valence-corrected chi connectivity index (χ3v) is 4.68. The van der Waals surface area contributed by atoms with E-state index in [1.807, 2.05) is 0 Å². The Kier molecular flexibility index (Phi) is 4.24. The second-order valence-electron chi connectivity index (χ2n) is 5.65. The summed E-state index contributed by atoms with van der Waals surface area (Å²) >= 11 is 11.8. The van der Waals surface area contributed by atoms with Gasteiger partial charge in [-0.2, -0.15) is 0 Å². The summed E-state index contributed by atoms with van der Waals surface area (Å²) in [4.78, 5) is 26.0. The molecule has 124 valence electrons. The summed E-state index contributed by atoms with van der Waals surface area (Å²) in [5, 5.41) is 3.34. The van der Waals surface area contributed by atoms with Crippen LogP contribution in [-0.2, 0) is 16.9 Å². The van der Waals surface area contributed by atoms with Gasteiger partial charge >= 0.3 is 6.03 Å². The lowest BCUT2D eigenvalue weighted by Gasteiger charge is -2.22. The Morgan fingerprint density at radius 2 is 1.79 bits per heavy atom. The number of urea groups is 1. The third kappa shape index (κ3) is 2.74. The summed E-state index contributed by atoms with van der Waals surface area (Å²) in [5.74, 6) is -1.04. The van der Waals surface area contributed by atoms with Crippen molar-refractivity contribution in [1.82, 2.24) is 10.2 Å². The van der Waals surface area contributed by atoms with Crippen molar-refractivity contribution >= 4 is 35.1 Å². The van der Waals surface area contributed by atoms with E-state index in [0.29, 0.717) is 10.6 Å². The van der Waals surface area contributed by atoms with Crippen molar-refractivity contribution in [3.05, 3.63) is 69.5 Å². The zero-order valence-corrected chi connectivity index (χ0v) is 14.2. The van der Waals surface area contributed by atoms with Gasteiger partial charge < -0.3 is 5.32 Å². The lowest BCUT2D eigenvalue weighted by Crippen LogP contribution is -2.40. The number of hydrogen-bond donors (Lipinski definition) is 1. The quantitative estimate of drug-likeness (QED) is 0.831. The first-order valence-corrected chi connectivity index (χ1v) is 7.91. The van der Waals surface area contributed by atoms with Crippen molar-refractivity contribution in [2.75, 3.05) is 0 Å². The second-order valence-corrected chi connectivity index (χ2v) is 6.50. The number of rotatable bonds is 3. The molecule has 1 N–H and O–H groups in total. The molecule has 2 aromatic carbocycles. The number of nitrogens with zero attached hydrogens (tertiary/aromatic N) is 1. The molecule has 1 heterocycles. The van der Waals surface area contributed by atoms with Gasteiger partial charge in [-0.3, -0.25) is 9.69 Å². The number of amides is 3. The van der Waals surface area contributed by atoms with Crippen LogP contribution in [0, 0.1) is 5.82 Å². The minimum Gasteiger partial charge on any atom is -0.319 e. The van der Waals surface area contributed by atoms with Crippen LogP contribution in [0.5, 0.6) is 0 Å². The number of imide groups is 1. The van der Waals surface area contributed by atoms with Crippen LogP contribution in [0.25, 0.3) is 0 Å². The highest BCUT2D eigenvalue weighted by molar-refractivity contribution is 6.31. The van der Waals surface area contributed by atoms with Crippen LogP contribution in [0.1, 0.15) is 18.1 Å². The summed E-state index contributed by atoms with van der Waals surface area (Å²) in [6.45, 7) is 1.36. The van der Waals surface area contributed by atoms with E-state index >= 15 is 0 Å². The molecule has 1 fully saturated rings. The maximum absolute atomic E-state index is 13.9. The van der Waals surface area contributed by atoms with Crippen molar-refractivity contribution in [3.8, 4) is 0 Å². The van der Waals surface area contributed by atoms with Crippen LogP contribution in [0.2, 0.25) is 10.0 Å². The Morgan fingerprint density at radius 1 is 1.12 bits per heavy atom. The normalized spacial score (nSPS) is 20.4. The van der Waals surface area contributed by atoms with Crippen LogP contribution >= 0.6 is 23.2 Å². The first-order valence-electron chi connectivity index (χ1n) is 7.16. The highest BCUT2D eigenvalue weighted by atomic mass is 35.5. The SMILES string of the molecule is C[C@]1(c2ccc(Cl)cc2)NC(=O)N(Cc2c(F)cccc2Cl)C1=O.